The van der Waals surface area contributed by atoms with Crippen LogP contribution >= 0.6 is 0 Å². The molecule has 5 nitrogen and oxygen atoms in total. The van der Waals surface area contributed by atoms with Crippen molar-refractivity contribution < 1.29 is 19.0 Å². The molecule has 0 spiro atoms. The quantitative estimate of drug-likeness (QED) is 0.717. The van der Waals surface area contributed by atoms with Gasteiger partial charge in [0.15, 0.2) is 17.3 Å². The molecule has 1 aromatic carbocycles. The molecule has 0 heterocycles. The van der Waals surface area contributed by atoms with Crippen molar-refractivity contribution in [3.8, 4) is 23.3 Å². The van der Waals surface area contributed by atoms with E-state index in [0.717, 1.165) is 0 Å². The highest BCUT2D eigenvalue weighted by Gasteiger charge is 2.23. The molecule has 5 heteroatoms. The van der Waals surface area contributed by atoms with E-state index in [1.165, 1.54) is 21.3 Å². The van der Waals surface area contributed by atoms with Crippen LogP contribution in [0.25, 0.3) is 0 Å². The lowest BCUT2D eigenvalue weighted by Gasteiger charge is -2.16. The molecular weight excluding hydrogens is 258 g/mol. The zero-order valence-corrected chi connectivity index (χ0v) is 12.2. The molecule has 0 aliphatic carbocycles. The van der Waals surface area contributed by atoms with E-state index in [-0.39, 0.29) is 18.1 Å². The lowest BCUT2D eigenvalue weighted by atomic mass is 9.92. The summed E-state index contributed by atoms with van der Waals surface area (Å²) >= 11 is 0. The van der Waals surface area contributed by atoms with Crippen molar-refractivity contribution in [3.63, 3.8) is 0 Å². The van der Waals surface area contributed by atoms with Gasteiger partial charge in [0.05, 0.1) is 33.0 Å². The van der Waals surface area contributed by atoms with Crippen LogP contribution in [-0.2, 0) is 0 Å². The van der Waals surface area contributed by atoms with E-state index in [4.69, 9.17) is 19.5 Å². The Morgan fingerprint density at radius 1 is 1.15 bits per heavy atom. The third kappa shape index (κ3) is 3.21. The molecule has 0 fully saturated rings. The van der Waals surface area contributed by atoms with Crippen molar-refractivity contribution in [3.05, 3.63) is 17.7 Å². The van der Waals surface area contributed by atoms with Crippen LogP contribution in [0.3, 0.4) is 0 Å². The van der Waals surface area contributed by atoms with Crippen LogP contribution in [0.15, 0.2) is 12.1 Å². The summed E-state index contributed by atoms with van der Waals surface area (Å²) in [5.41, 5.74) is 0.409. The van der Waals surface area contributed by atoms with Crippen molar-refractivity contribution in [2.24, 2.45) is 5.92 Å². The van der Waals surface area contributed by atoms with Gasteiger partial charge in [0.1, 0.15) is 5.75 Å². The Kier molecular flexibility index (Phi) is 5.85. The van der Waals surface area contributed by atoms with Crippen LogP contribution in [0.1, 0.15) is 30.1 Å². The number of benzene rings is 1. The fourth-order valence-electron chi connectivity index (χ4n) is 1.97. The van der Waals surface area contributed by atoms with Gasteiger partial charge in [0.2, 0.25) is 0 Å². The zero-order valence-electron chi connectivity index (χ0n) is 12.2. The Morgan fingerprint density at radius 3 is 2.15 bits per heavy atom. The van der Waals surface area contributed by atoms with Gasteiger partial charge < -0.3 is 14.2 Å². The molecule has 0 N–H and O–H groups in total. The Bertz CT molecular complexity index is 519. The second-order valence-corrected chi connectivity index (χ2v) is 4.24. The number of methoxy groups -OCH3 is 3. The number of hydrogen-bond donors (Lipinski definition) is 0. The van der Waals surface area contributed by atoms with E-state index in [0.29, 0.717) is 29.2 Å². The van der Waals surface area contributed by atoms with Gasteiger partial charge in [0, 0.05) is 18.4 Å². The molecule has 0 aliphatic heterocycles. The summed E-state index contributed by atoms with van der Waals surface area (Å²) in [6.07, 6.45) is 0.788. The topological polar surface area (TPSA) is 68.6 Å². The first kappa shape index (κ1) is 15.8. The fourth-order valence-corrected chi connectivity index (χ4v) is 1.97. The summed E-state index contributed by atoms with van der Waals surface area (Å²) in [5, 5.41) is 8.79. The molecule has 0 radical (unpaired) electrons. The maximum atomic E-state index is 12.5. The molecule has 1 atom stereocenters. The number of hydrogen-bond acceptors (Lipinski definition) is 5. The predicted octanol–water partition coefficient (Wildman–Crippen LogP) is 2.83. The largest absolute Gasteiger partial charge is 0.496 e. The Labute approximate surface area is 119 Å². The molecule has 0 aliphatic rings. The summed E-state index contributed by atoms with van der Waals surface area (Å²) < 4.78 is 15.6. The first-order valence-electron chi connectivity index (χ1n) is 6.34. The molecule has 1 unspecified atom stereocenters. The molecular formula is C15H19NO4. The molecule has 0 bridgehead atoms. The molecule has 20 heavy (non-hydrogen) atoms. The first-order valence-corrected chi connectivity index (χ1v) is 6.34. The fraction of sp³-hybridized carbons (Fsp3) is 0.467. The van der Waals surface area contributed by atoms with Gasteiger partial charge in [-0.1, -0.05) is 6.92 Å². The summed E-state index contributed by atoms with van der Waals surface area (Å²) in [6.45, 7) is 1.88. The van der Waals surface area contributed by atoms with Gasteiger partial charge in [-0.3, -0.25) is 4.79 Å². The molecule has 0 saturated heterocycles. The summed E-state index contributed by atoms with van der Waals surface area (Å²) in [6, 6.07) is 5.25. The lowest BCUT2D eigenvalue weighted by Crippen LogP contribution is -2.15. The SMILES string of the molecule is CCC(CC#N)C(=O)c1cc(OC)c(OC)cc1OC. The minimum atomic E-state index is -0.341. The zero-order chi connectivity index (χ0) is 15.1. The normalized spacial score (nSPS) is 11.3. The first-order chi connectivity index (χ1) is 9.62. The number of carbonyl (C=O) groups excluding carboxylic acids is 1. The van der Waals surface area contributed by atoms with Gasteiger partial charge in [-0.25, -0.2) is 0 Å². The van der Waals surface area contributed by atoms with Crippen molar-refractivity contribution in [2.45, 2.75) is 19.8 Å². The van der Waals surface area contributed by atoms with E-state index < -0.39 is 0 Å². The summed E-state index contributed by atoms with van der Waals surface area (Å²) in [4.78, 5) is 12.5. The highest BCUT2D eigenvalue weighted by atomic mass is 16.5. The third-order valence-electron chi connectivity index (χ3n) is 3.17. The lowest BCUT2D eigenvalue weighted by molar-refractivity contribution is 0.0915. The van der Waals surface area contributed by atoms with E-state index in [1.54, 1.807) is 12.1 Å². The molecule has 0 saturated carbocycles. The second kappa shape index (κ2) is 7.39. The number of nitrogens with zero attached hydrogens (tertiary/aromatic N) is 1. The number of Topliss-reactive ketones (excluding diaryl/α,β-unsaturated/α-hetero) is 1. The summed E-state index contributed by atoms with van der Waals surface area (Å²) in [7, 11) is 4.51. The maximum absolute atomic E-state index is 12.5. The Balaban J connectivity index is 3.28. The number of ether oxygens (including phenoxy) is 3. The van der Waals surface area contributed by atoms with Crippen molar-refractivity contribution >= 4 is 5.78 Å². The predicted molar refractivity (Wildman–Crippen MR) is 74.4 cm³/mol. The highest BCUT2D eigenvalue weighted by Crippen LogP contribution is 2.36. The maximum Gasteiger partial charge on any atom is 0.170 e. The summed E-state index contributed by atoms with van der Waals surface area (Å²) in [5.74, 6) is 0.917. The number of rotatable bonds is 7. The average Bonchev–Trinajstić information content (AvgIpc) is 2.50. The third-order valence-corrected chi connectivity index (χ3v) is 3.17. The van der Waals surface area contributed by atoms with E-state index in [2.05, 4.69) is 0 Å². The monoisotopic (exact) mass is 277 g/mol. The molecule has 1 aromatic rings. The smallest absolute Gasteiger partial charge is 0.170 e. The van der Waals surface area contributed by atoms with Gasteiger partial charge in [-0.15, -0.1) is 0 Å². The van der Waals surface area contributed by atoms with Crippen LogP contribution < -0.4 is 14.2 Å². The van der Waals surface area contributed by atoms with E-state index >= 15 is 0 Å². The standard InChI is InChI=1S/C15H19NO4/c1-5-10(6-7-16)15(17)11-8-13(19-3)14(20-4)9-12(11)18-2/h8-10H,5-6H2,1-4H3. The molecule has 0 amide bonds. The molecule has 1 rings (SSSR count). The van der Waals surface area contributed by atoms with Crippen molar-refractivity contribution in [1.29, 1.82) is 5.26 Å². The van der Waals surface area contributed by atoms with Crippen LogP contribution in [0.2, 0.25) is 0 Å². The van der Waals surface area contributed by atoms with Crippen molar-refractivity contribution in [1.82, 2.24) is 0 Å². The number of carbonyl (C=O) groups is 1. The van der Waals surface area contributed by atoms with Gasteiger partial charge in [-0.05, 0) is 12.5 Å². The van der Waals surface area contributed by atoms with E-state index in [1.807, 2.05) is 13.0 Å². The van der Waals surface area contributed by atoms with Gasteiger partial charge >= 0.3 is 0 Å². The average molecular weight is 277 g/mol. The molecule has 0 aromatic heterocycles. The minimum Gasteiger partial charge on any atom is -0.496 e. The van der Waals surface area contributed by atoms with Crippen LogP contribution in [0, 0.1) is 17.2 Å². The van der Waals surface area contributed by atoms with Crippen LogP contribution in [0.4, 0.5) is 0 Å². The van der Waals surface area contributed by atoms with Crippen molar-refractivity contribution in [2.75, 3.05) is 21.3 Å². The Hall–Kier alpha value is -2.22. The van der Waals surface area contributed by atoms with E-state index in [9.17, 15) is 4.79 Å². The van der Waals surface area contributed by atoms with Gasteiger partial charge in [-0.2, -0.15) is 5.26 Å². The highest BCUT2D eigenvalue weighted by molar-refractivity contribution is 6.01. The number of nitriles is 1. The minimum absolute atomic E-state index is 0.119. The van der Waals surface area contributed by atoms with Crippen LogP contribution in [0.5, 0.6) is 17.2 Å². The Morgan fingerprint density at radius 2 is 1.70 bits per heavy atom. The number of ketones is 1. The molecule has 108 valence electrons. The van der Waals surface area contributed by atoms with Crippen LogP contribution in [-0.4, -0.2) is 27.1 Å². The van der Waals surface area contributed by atoms with Gasteiger partial charge in [0.25, 0.3) is 0 Å². The second-order valence-electron chi connectivity index (χ2n) is 4.24.